The second-order valence-corrected chi connectivity index (χ2v) is 10.4. The van der Waals surface area contributed by atoms with Crippen LogP contribution < -0.4 is 15.4 Å². The number of hydrogen-bond acceptors (Lipinski definition) is 4. The third-order valence-electron chi connectivity index (χ3n) is 6.31. The number of aliphatic imine (C=N–C) groups is 1. The molecule has 8 heteroatoms. The molecule has 0 amide bonds. The highest BCUT2D eigenvalue weighted by Gasteiger charge is 2.26. The lowest BCUT2D eigenvalue weighted by Crippen LogP contribution is -2.46. The van der Waals surface area contributed by atoms with Crippen molar-refractivity contribution in [2.75, 3.05) is 45.5 Å². The van der Waals surface area contributed by atoms with Crippen molar-refractivity contribution in [3.05, 3.63) is 0 Å². The molecular formula is C19H37N5O2S. The summed E-state index contributed by atoms with van der Waals surface area (Å²) in [5.41, 5.74) is 0. The van der Waals surface area contributed by atoms with Crippen molar-refractivity contribution in [2.24, 2.45) is 16.8 Å². The first-order chi connectivity index (χ1) is 13.0. The summed E-state index contributed by atoms with van der Waals surface area (Å²) in [4.78, 5) is 6.82. The molecule has 2 saturated carbocycles. The molecule has 0 radical (unpaired) electrons. The van der Waals surface area contributed by atoms with Crippen LogP contribution in [-0.2, 0) is 10.0 Å². The fraction of sp³-hybridized carbons (Fsp3) is 0.947. The van der Waals surface area contributed by atoms with Gasteiger partial charge in [0.15, 0.2) is 5.96 Å². The number of sulfonamides is 1. The summed E-state index contributed by atoms with van der Waals surface area (Å²) in [7, 11) is -1.47. The zero-order valence-corrected chi connectivity index (χ0v) is 17.6. The van der Waals surface area contributed by atoms with Crippen LogP contribution in [0.15, 0.2) is 4.99 Å². The normalized spacial score (nSPS) is 25.7. The number of rotatable bonds is 9. The van der Waals surface area contributed by atoms with Gasteiger partial charge in [0.25, 0.3) is 0 Å². The third-order valence-corrected chi connectivity index (χ3v) is 7.66. The Morgan fingerprint density at radius 1 is 1.07 bits per heavy atom. The molecule has 3 aliphatic rings. The molecule has 1 atom stereocenters. The summed E-state index contributed by atoms with van der Waals surface area (Å²) < 4.78 is 26.9. The summed E-state index contributed by atoms with van der Waals surface area (Å²) in [5.74, 6) is 2.21. The van der Waals surface area contributed by atoms with Gasteiger partial charge in [-0.25, -0.2) is 13.1 Å². The molecule has 3 fully saturated rings. The van der Waals surface area contributed by atoms with E-state index in [0.717, 1.165) is 38.3 Å². The molecule has 2 aliphatic carbocycles. The summed E-state index contributed by atoms with van der Waals surface area (Å²) in [6.07, 6.45) is 10.2. The first kappa shape index (κ1) is 20.9. The minimum atomic E-state index is -3.21. The van der Waals surface area contributed by atoms with Gasteiger partial charge in [-0.05, 0) is 43.9 Å². The molecule has 3 rings (SSSR count). The fourth-order valence-corrected chi connectivity index (χ4v) is 5.38. The Hall–Kier alpha value is -0.860. The highest BCUT2D eigenvalue weighted by atomic mass is 32.2. The summed E-state index contributed by atoms with van der Waals surface area (Å²) in [6, 6.07) is 0.394. The van der Waals surface area contributed by atoms with Gasteiger partial charge in [-0.15, -0.1) is 0 Å². The summed E-state index contributed by atoms with van der Waals surface area (Å²) in [6.45, 7) is 4.39. The highest BCUT2D eigenvalue weighted by molar-refractivity contribution is 7.89. The minimum Gasteiger partial charge on any atom is -0.355 e. The molecule has 1 heterocycles. The van der Waals surface area contributed by atoms with Gasteiger partial charge in [0.2, 0.25) is 10.0 Å². The van der Waals surface area contributed by atoms with E-state index >= 15 is 0 Å². The molecule has 1 unspecified atom stereocenters. The molecule has 0 aromatic rings. The van der Waals surface area contributed by atoms with Gasteiger partial charge in [-0.2, -0.15) is 0 Å². The van der Waals surface area contributed by atoms with Crippen LogP contribution in [0, 0.1) is 11.8 Å². The molecule has 27 heavy (non-hydrogen) atoms. The quantitative estimate of drug-likeness (QED) is 0.400. The predicted octanol–water partition coefficient (Wildman–Crippen LogP) is 1.14. The SMILES string of the molecule is CN=C(NCCS(=O)(=O)NCC1CCC1)NC1CCN(CC2CCCC2)C1. The van der Waals surface area contributed by atoms with Crippen LogP contribution >= 0.6 is 0 Å². The zero-order chi connectivity index (χ0) is 19.1. The van der Waals surface area contributed by atoms with Crippen LogP contribution in [-0.4, -0.2) is 70.8 Å². The topological polar surface area (TPSA) is 85.8 Å². The molecule has 7 nitrogen and oxygen atoms in total. The first-order valence-electron chi connectivity index (χ1n) is 10.7. The number of hydrogen-bond donors (Lipinski definition) is 3. The largest absolute Gasteiger partial charge is 0.355 e. The van der Waals surface area contributed by atoms with E-state index in [1.54, 1.807) is 7.05 Å². The molecule has 156 valence electrons. The van der Waals surface area contributed by atoms with E-state index in [9.17, 15) is 8.42 Å². The monoisotopic (exact) mass is 399 g/mol. The van der Waals surface area contributed by atoms with Gasteiger partial charge in [0.1, 0.15) is 0 Å². The number of likely N-dealkylation sites (tertiary alicyclic amines) is 1. The van der Waals surface area contributed by atoms with Gasteiger partial charge >= 0.3 is 0 Å². The maximum atomic E-state index is 12.1. The zero-order valence-electron chi connectivity index (χ0n) is 16.8. The van der Waals surface area contributed by atoms with E-state index < -0.39 is 10.0 Å². The van der Waals surface area contributed by atoms with Crippen molar-refractivity contribution >= 4 is 16.0 Å². The maximum Gasteiger partial charge on any atom is 0.213 e. The third kappa shape index (κ3) is 6.91. The standard InChI is InChI=1S/C19H37N5O2S/c1-20-19(21-10-12-27(25,26)22-13-16-7-4-8-16)23-18-9-11-24(15-18)14-17-5-2-3-6-17/h16-18,22H,2-15H2,1H3,(H2,20,21,23). The summed E-state index contributed by atoms with van der Waals surface area (Å²) >= 11 is 0. The lowest BCUT2D eigenvalue weighted by atomic mass is 9.86. The van der Waals surface area contributed by atoms with Crippen molar-refractivity contribution in [2.45, 2.75) is 57.4 Å². The van der Waals surface area contributed by atoms with Gasteiger partial charge in [-0.3, -0.25) is 4.99 Å². The Kier molecular flexibility index (Phi) is 7.78. The Morgan fingerprint density at radius 3 is 2.48 bits per heavy atom. The molecule has 0 aromatic heterocycles. The van der Waals surface area contributed by atoms with Crippen molar-refractivity contribution in [1.29, 1.82) is 0 Å². The molecule has 0 bridgehead atoms. The molecule has 3 N–H and O–H groups in total. The van der Waals surface area contributed by atoms with Crippen molar-refractivity contribution in [1.82, 2.24) is 20.3 Å². The Bertz CT molecular complexity index is 585. The van der Waals surface area contributed by atoms with Gasteiger partial charge in [0, 0.05) is 45.8 Å². The van der Waals surface area contributed by atoms with Crippen molar-refractivity contribution in [3.8, 4) is 0 Å². The Balaban J connectivity index is 1.31. The van der Waals surface area contributed by atoms with Gasteiger partial charge in [0.05, 0.1) is 5.75 Å². The van der Waals surface area contributed by atoms with Crippen LogP contribution in [0.25, 0.3) is 0 Å². The Morgan fingerprint density at radius 2 is 1.81 bits per heavy atom. The first-order valence-corrected chi connectivity index (χ1v) is 12.4. The van der Waals surface area contributed by atoms with Crippen LogP contribution in [0.1, 0.15) is 51.4 Å². The van der Waals surface area contributed by atoms with Crippen LogP contribution in [0.5, 0.6) is 0 Å². The van der Waals surface area contributed by atoms with E-state index in [0.29, 0.717) is 31.0 Å². The average Bonchev–Trinajstić information content (AvgIpc) is 3.25. The van der Waals surface area contributed by atoms with Gasteiger partial charge in [-0.1, -0.05) is 19.3 Å². The van der Waals surface area contributed by atoms with E-state index in [4.69, 9.17) is 0 Å². The van der Waals surface area contributed by atoms with E-state index in [1.165, 1.54) is 38.6 Å². The summed E-state index contributed by atoms with van der Waals surface area (Å²) in [5, 5.41) is 6.61. The van der Waals surface area contributed by atoms with Crippen LogP contribution in [0.4, 0.5) is 0 Å². The van der Waals surface area contributed by atoms with Crippen molar-refractivity contribution < 1.29 is 8.42 Å². The highest BCUT2D eigenvalue weighted by Crippen LogP contribution is 2.27. The fourth-order valence-electron chi connectivity index (χ4n) is 4.38. The van der Waals surface area contributed by atoms with Crippen LogP contribution in [0.2, 0.25) is 0 Å². The molecule has 0 aromatic carbocycles. The minimum absolute atomic E-state index is 0.0822. The molecular weight excluding hydrogens is 362 g/mol. The number of nitrogens with one attached hydrogen (secondary N) is 3. The second-order valence-electron chi connectivity index (χ2n) is 8.50. The van der Waals surface area contributed by atoms with E-state index in [-0.39, 0.29) is 5.75 Å². The molecule has 1 aliphatic heterocycles. The Labute approximate surface area is 164 Å². The smallest absolute Gasteiger partial charge is 0.213 e. The van der Waals surface area contributed by atoms with Crippen LogP contribution in [0.3, 0.4) is 0 Å². The van der Waals surface area contributed by atoms with Gasteiger partial charge < -0.3 is 15.5 Å². The predicted molar refractivity (Wildman–Crippen MR) is 110 cm³/mol. The van der Waals surface area contributed by atoms with Crippen molar-refractivity contribution in [3.63, 3.8) is 0 Å². The maximum absolute atomic E-state index is 12.1. The number of nitrogens with zero attached hydrogens (tertiary/aromatic N) is 2. The van der Waals surface area contributed by atoms with E-state index in [1.807, 2.05) is 0 Å². The molecule has 1 saturated heterocycles. The number of guanidine groups is 1. The lowest BCUT2D eigenvalue weighted by Gasteiger charge is -2.25. The lowest BCUT2D eigenvalue weighted by molar-refractivity contribution is 0.275. The average molecular weight is 400 g/mol. The second kappa shape index (κ2) is 10.1. The molecule has 0 spiro atoms. The van der Waals surface area contributed by atoms with E-state index in [2.05, 4.69) is 25.2 Å².